The molecule has 23 heavy (non-hydrogen) atoms. The van der Waals surface area contributed by atoms with E-state index in [-0.39, 0.29) is 14.1 Å². The third kappa shape index (κ3) is 4.80. The van der Waals surface area contributed by atoms with Gasteiger partial charge < -0.3 is 4.74 Å². The summed E-state index contributed by atoms with van der Waals surface area (Å²) in [6, 6.07) is 11.5. The molecule has 0 fully saturated rings. The zero-order valence-electron chi connectivity index (χ0n) is 13.8. The molecule has 2 nitrogen and oxygen atoms in total. The fourth-order valence-corrected chi connectivity index (χ4v) is 3.83. The molecule has 2 rings (SSSR count). The Morgan fingerprint density at radius 2 is 1.96 bits per heavy atom. The number of carbonyl (C=O) groups is 1. The van der Waals surface area contributed by atoms with Crippen LogP contribution in [0.25, 0.3) is 0 Å². The van der Waals surface area contributed by atoms with Gasteiger partial charge in [-0.15, -0.1) is 0 Å². The average Bonchev–Trinajstić information content (AvgIpc) is 2.50. The van der Waals surface area contributed by atoms with Crippen LogP contribution in [0, 0.1) is 13.8 Å². The molecular formula is C19H22ClO2P. The van der Waals surface area contributed by atoms with Gasteiger partial charge in [0.25, 0.3) is 0 Å². The molecule has 0 bridgehead atoms. The molecule has 4 heteroatoms. The van der Waals surface area contributed by atoms with Gasteiger partial charge in [-0.25, -0.2) is 0 Å². The molecule has 0 radical (unpaired) electrons. The van der Waals surface area contributed by atoms with Gasteiger partial charge in [-0.05, 0) is 63.5 Å². The van der Waals surface area contributed by atoms with Gasteiger partial charge in [-0.3, -0.25) is 4.79 Å². The maximum atomic E-state index is 12.6. The van der Waals surface area contributed by atoms with Crippen molar-refractivity contribution in [3.8, 4) is 5.75 Å². The molecule has 0 aliphatic heterocycles. The fraction of sp³-hybridized carbons (Fsp3) is 0.316. The van der Waals surface area contributed by atoms with Gasteiger partial charge in [0.2, 0.25) is 0 Å². The predicted octanol–water partition coefficient (Wildman–Crippen LogP) is 5.28. The van der Waals surface area contributed by atoms with Crippen molar-refractivity contribution in [3.63, 3.8) is 0 Å². The van der Waals surface area contributed by atoms with Crippen molar-refractivity contribution in [2.24, 2.45) is 0 Å². The van der Waals surface area contributed by atoms with Crippen LogP contribution >= 0.6 is 20.2 Å². The van der Waals surface area contributed by atoms with Crippen molar-refractivity contribution in [1.82, 2.24) is 0 Å². The Morgan fingerprint density at radius 1 is 1.17 bits per heavy atom. The van der Waals surface area contributed by atoms with E-state index < -0.39 is 0 Å². The number of ether oxygens (including phenoxy) is 1. The molecule has 122 valence electrons. The molecule has 1 atom stereocenters. The Morgan fingerprint density at radius 3 is 2.61 bits per heavy atom. The van der Waals surface area contributed by atoms with E-state index in [0.717, 1.165) is 41.6 Å². The quantitative estimate of drug-likeness (QED) is 0.502. The van der Waals surface area contributed by atoms with Gasteiger partial charge >= 0.3 is 0 Å². The lowest BCUT2D eigenvalue weighted by Gasteiger charge is -2.11. The van der Waals surface area contributed by atoms with Crippen LogP contribution in [0.3, 0.4) is 0 Å². The SMILES string of the molecule is CCCCOc1ccc(PC(=O)c2c(C)cccc2Cl)c(C)c1. The van der Waals surface area contributed by atoms with Crippen molar-refractivity contribution in [2.45, 2.75) is 33.6 Å². The Balaban J connectivity index is 2.12. The van der Waals surface area contributed by atoms with Gasteiger partial charge in [-0.1, -0.05) is 43.1 Å². The van der Waals surface area contributed by atoms with E-state index >= 15 is 0 Å². The van der Waals surface area contributed by atoms with Crippen LogP contribution in [-0.4, -0.2) is 12.1 Å². The first-order valence-electron chi connectivity index (χ1n) is 7.83. The normalized spacial score (nSPS) is 11.1. The van der Waals surface area contributed by atoms with E-state index in [4.69, 9.17) is 16.3 Å². The molecule has 2 aromatic carbocycles. The zero-order valence-corrected chi connectivity index (χ0v) is 15.5. The van der Waals surface area contributed by atoms with Crippen LogP contribution in [0.2, 0.25) is 5.02 Å². The summed E-state index contributed by atoms with van der Waals surface area (Å²) in [5.74, 6) is 0.867. The van der Waals surface area contributed by atoms with Crippen molar-refractivity contribution in [3.05, 3.63) is 58.1 Å². The van der Waals surface area contributed by atoms with E-state index in [1.807, 2.05) is 44.2 Å². The van der Waals surface area contributed by atoms with Crippen LogP contribution in [0.1, 0.15) is 41.3 Å². The maximum Gasteiger partial charge on any atom is 0.187 e. The molecular weight excluding hydrogens is 327 g/mol. The van der Waals surface area contributed by atoms with Crippen molar-refractivity contribution < 1.29 is 9.53 Å². The van der Waals surface area contributed by atoms with Gasteiger partial charge in [0.15, 0.2) is 5.52 Å². The van der Waals surface area contributed by atoms with Gasteiger partial charge in [0, 0.05) is 5.56 Å². The Hall–Kier alpha value is -1.37. The largest absolute Gasteiger partial charge is 0.494 e. The number of benzene rings is 2. The van der Waals surface area contributed by atoms with Crippen molar-refractivity contribution >= 4 is 31.0 Å². The molecule has 0 heterocycles. The maximum absolute atomic E-state index is 12.6. The first-order valence-corrected chi connectivity index (χ1v) is 9.20. The highest BCUT2D eigenvalue weighted by Crippen LogP contribution is 2.28. The molecule has 0 aromatic heterocycles. The first-order chi connectivity index (χ1) is 11.0. The van der Waals surface area contributed by atoms with E-state index in [0.29, 0.717) is 10.6 Å². The third-order valence-corrected chi connectivity index (χ3v) is 5.28. The molecule has 0 N–H and O–H groups in total. The number of halogens is 1. The lowest BCUT2D eigenvalue weighted by molar-refractivity contribution is 0.108. The van der Waals surface area contributed by atoms with E-state index in [1.165, 1.54) is 0 Å². The molecule has 2 aromatic rings. The van der Waals surface area contributed by atoms with Gasteiger partial charge in [0.1, 0.15) is 5.75 Å². The van der Waals surface area contributed by atoms with E-state index in [1.54, 1.807) is 6.07 Å². The summed E-state index contributed by atoms with van der Waals surface area (Å²) in [4.78, 5) is 12.6. The molecule has 0 aliphatic carbocycles. The second-order valence-corrected chi connectivity index (χ2v) is 7.21. The minimum Gasteiger partial charge on any atom is -0.494 e. The fourth-order valence-electron chi connectivity index (χ4n) is 2.30. The average molecular weight is 349 g/mol. The highest BCUT2D eigenvalue weighted by atomic mass is 35.5. The summed E-state index contributed by atoms with van der Waals surface area (Å²) in [7, 11) is 0.0672. The molecule has 0 amide bonds. The monoisotopic (exact) mass is 348 g/mol. The minimum absolute atomic E-state index is 0.0672. The van der Waals surface area contributed by atoms with Crippen molar-refractivity contribution in [1.29, 1.82) is 0 Å². The van der Waals surface area contributed by atoms with E-state index in [2.05, 4.69) is 6.92 Å². The highest BCUT2D eigenvalue weighted by molar-refractivity contribution is 7.66. The van der Waals surface area contributed by atoms with Crippen LogP contribution in [0.15, 0.2) is 36.4 Å². The number of hydrogen-bond acceptors (Lipinski definition) is 2. The van der Waals surface area contributed by atoms with Crippen LogP contribution in [0.5, 0.6) is 5.75 Å². The topological polar surface area (TPSA) is 26.3 Å². The van der Waals surface area contributed by atoms with E-state index in [9.17, 15) is 4.79 Å². The molecule has 0 saturated heterocycles. The Bertz CT molecular complexity index is 678. The van der Waals surface area contributed by atoms with Crippen LogP contribution < -0.4 is 10.0 Å². The standard InChI is InChI=1S/C19H22ClO2P/c1-4-5-11-22-15-9-10-17(14(3)12-15)23-19(21)18-13(2)7-6-8-16(18)20/h6-10,12,23H,4-5,11H2,1-3H3. The summed E-state index contributed by atoms with van der Waals surface area (Å²) in [6.45, 7) is 6.80. The number of hydrogen-bond donors (Lipinski definition) is 0. The lowest BCUT2D eigenvalue weighted by Crippen LogP contribution is -2.07. The van der Waals surface area contributed by atoms with Crippen LogP contribution in [-0.2, 0) is 0 Å². The summed E-state index contributed by atoms with van der Waals surface area (Å²) in [6.07, 6.45) is 2.16. The lowest BCUT2D eigenvalue weighted by atomic mass is 10.1. The smallest absolute Gasteiger partial charge is 0.187 e. The summed E-state index contributed by atoms with van der Waals surface area (Å²) >= 11 is 6.19. The zero-order chi connectivity index (χ0) is 16.8. The molecule has 0 saturated carbocycles. The summed E-state index contributed by atoms with van der Waals surface area (Å²) in [5, 5.41) is 1.57. The number of aryl methyl sites for hydroxylation is 2. The summed E-state index contributed by atoms with van der Waals surface area (Å²) in [5.41, 5.74) is 2.72. The number of unbranched alkanes of at least 4 members (excludes halogenated alkanes) is 1. The van der Waals surface area contributed by atoms with Gasteiger partial charge in [-0.2, -0.15) is 0 Å². The summed E-state index contributed by atoms with van der Waals surface area (Å²) < 4.78 is 5.71. The number of carbonyl (C=O) groups excluding carboxylic acids is 1. The molecule has 0 spiro atoms. The second kappa shape index (κ2) is 8.47. The minimum atomic E-state index is 0.0672. The Kier molecular flexibility index (Phi) is 6.62. The number of rotatable bonds is 7. The second-order valence-electron chi connectivity index (χ2n) is 5.56. The third-order valence-electron chi connectivity index (χ3n) is 3.66. The van der Waals surface area contributed by atoms with Crippen molar-refractivity contribution in [2.75, 3.05) is 6.61 Å². The van der Waals surface area contributed by atoms with Crippen LogP contribution in [0.4, 0.5) is 0 Å². The Labute approximate surface area is 145 Å². The highest BCUT2D eigenvalue weighted by Gasteiger charge is 2.15. The predicted molar refractivity (Wildman–Crippen MR) is 100 cm³/mol. The van der Waals surface area contributed by atoms with Gasteiger partial charge in [0.05, 0.1) is 11.6 Å². The molecule has 1 unspecified atom stereocenters. The first kappa shape index (κ1) is 18.0. The molecule has 0 aliphatic rings.